The van der Waals surface area contributed by atoms with Crippen LogP contribution in [-0.4, -0.2) is 47.8 Å². The number of hydrogen-bond acceptors (Lipinski definition) is 6. The van der Waals surface area contributed by atoms with E-state index < -0.39 is 43.6 Å². The van der Waals surface area contributed by atoms with E-state index in [4.69, 9.17) is 42.1 Å². The third-order valence-corrected chi connectivity index (χ3v) is 5.34. The Morgan fingerprint density at radius 1 is 0.821 bits per heavy atom. The third-order valence-electron chi connectivity index (χ3n) is 4.84. The summed E-state index contributed by atoms with van der Waals surface area (Å²) in [6.45, 7) is -0.246. The Morgan fingerprint density at radius 3 is 1.96 bits per heavy atom. The quantitative estimate of drug-likeness (QED) is 0.784. The highest BCUT2D eigenvalue weighted by Crippen LogP contribution is 2.37. The molecule has 2 aliphatic heterocycles. The van der Waals surface area contributed by atoms with Gasteiger partial charge in [-0.3, -0.25) is 0 Å². The molecule has 2 aliphatic rings. The third kappa shape index (κ3) is 4.20. The van der Waals surface area contributed by atoms with Crippen LogP contribution in [0.25, 0.3) is 0 Å². The Balaban J connectivity index is 1.54. The van der Waals surface area contributed by atoms with Gasteiger partial charge in [-0.15, -0.1) is 0 Å². The molecule has 2 fully saturated rings. The number of aliphatic hydroxyl groups excluding tert-OH is 2. The number of aliphatic hydroxyl groups is 2. The highest BCUT2D eigenvalue weighted by Gasteiger charge is 2.46. The van der Waals surface area contributed by atoms with Crippen LogP contribution >= 0.6 is 23.2 Å². The van der Waals surface area contributed by atoms with E-state index in [1.807, 2.05) is 0 Å². The highest BCUT2D eigenvalue weighted by molar-refractivity contribution is 6.30. The van der Waals surface area contributed by atoms with Gasteiger partial charge in [-0.2, -0.15) is 0 Å². The van der Waals surface area contributed by atoms with Crippen LogP contribution < -0.4 is 0 Å². The predicted octanol–water partition coefficient (Wildman–Crippen LogP) is 3.24. The zero-order valence-corrected chi connectivity index (χ0v) is 16.3. The van der Waals surface area contributed by atoms with Gasteiger partial charge in [0.05, 0.1) is 13.2 Å². The number of fused-ring (bicyclic) bond motifs is 1. The van der Waals surface area contributed by atoms with E-state index in [1.54, 1.807) is 48.5 Å². The topological polar surface area (TPSA) is 77.4 Å². The Labute approximate surface area is 172 Å². The lowest BCUT2D eigenvalue weighted by atomic mass is 10.0. The lowest BCUT2D eigenvalue weighted by Crippen LogP contribution is -2.49. The molecule has 0 spiro atoms. The summed E-state index contributed by atoms with van der Waals surface area (Å²) in [6, 6.07) is 14.1. The molecule has 6 atom stereocenters. The molecule has 0 amide bonds. The molecular weight excluding hydrogens is 407 g/mol. The molecule has 0 bridgehead atoms. The van der Waals surface area contributed by atoms with E-state index in [9.17, 15) is 10.2 Å². The van der Waals surface area contributed by atoms with Crippen molar-refractivity contribution in [2.24, 2.45) is 0 Å². The molecule has 2 N–H and O–H groups in total. The minimum absolute atomic E-state index is 0.150. The number of ether oxygens (including phenoxy) is 4. The first-order chi connectivity index (χ1) is 13.5. The summed E-state index contributed by atoms with van der Waals surface area (Å²) in [4.78, 5) is 0. The molecule has 2 unspecified atom stereocenters. The van der Waals surface area contributed by atoms with Crippen molar-refractivity contribution in [2.75, 3.05) is 13.2 Å². The normalized spacial score (nSPS) is 33.1. The molecule has 0 saturated carbocycles. The molecule has 2 aromatic carbocycles. The van der Waals surface area contributed by atoms with E-state index in [2.05, 4.69) is 0 Å². The van der Waals surface area contributed by atoms with Gasteiger partial charge in [0.15, 0.2) is 12.6 Å². The molecule has 4 rings (SSSR count). The van der Waals surface area contributed by atoms with Gasteiger partial charge < -0.3 is 29.2 Å². The minimum Gasteiger partial charge on any atom is -0.394 e. The molecule has 0 aromatic heterocycles. The first-order valence-corrected chi connectivity index (χ1v) is 9.68. The summed E-state index contributed by atoms with van der Waals surface area (Å²) in [5, 5.41) is 21.7. The highest BCUT2D eigenvalue weighted by atomic mass is 35.5. The van der Waals surface area contributed by atoms with E-state index in [0.717, 1.165) is 11.1 Å². The first-order valence-electron chi connectivity index (χ1n) is 8.93. The Kier molecular flexibility index (Phi) is 6.20. The standard InChI is InChI=1S/C20H20Cl2O6/c21-13-5-1-11(2-6-13)19-25-10-16-18(17(24)15(9-23)26-19)28-20(27-16)12-3-7-14(22)8-4-12/h1-8,15-20,23-24H,9-10H2/t15-,16+,17-,18-,19?,20?/m0/s1. The van der Waals surface area contributed by atoms with E-state index in [1.165, 1.54) is 0 Å². The van der Waals surface area contributed by atoms with E-state index in [-0.39, 0.29) is 6.61 Å². The Bertz CT molecular complexity index is 784. The van der Waals surface area contributed by atoms with Crippen molar-refractivity contribution in [1.29, 1.82) is 0 Å². The maximum atomic E-state index is 10.8. The maximum Gasteiger partial charge on any atom is 0.184 e. The fourth-order valence-electron chi connectivity index (χ4n) is 3.33. The zero-order valence-electron chi connectivity index (χ0n) is 14.8. The number of benzene rings is 2. The average Bonchev–Trinajstić information content (AvgIpc) is 3.12. The van der Waals surface area contributed by atoms with Gasteiger partial charge in [-0.05, 0) is 24.3 Å². The molecule has 150 valence electrons. The molecule has 2 saturated heterocycles. The fourth-order valence-corrected chi connectivity index (χ4v) is 3.58. The molecule has 0 radical (unpaired) electrons. The summed E-state index contributed by atoms with van der Waals surface area (Å²) in [7, 11) is 0. The molecule has 28 heavy (non-hydrogen) atoms. The summed E-state index contributed by atoms with van der Waals surface area (Å²) < 4.78 is 23.6. The van der Waals surface area contributed by atoms with Crippen molar-refractivity contribution in [1.82, 2.24) is 0 Å². The van der Waals surface area contributed by atoms with Gasteiger partial charge in [-0.25, -0.2) is 0 Å². The lowest BCUT2D eigenvalue weighted by molar-refractivity contribution is -0.241. The van der Waals surface area contributed by atoms with Crippen molar-refractivity contribution in [3.63, 3.8) is 0 Å². The van der Waals surface area contributed by atoms with Crippen LogP contribution in [0.2, 0.25) is 10.0 Å². The van der Waals surface area contributed by atoms with Crippen molar-refractivity contribution < 1.29 is 29.2 Å². The lowest BCUT2D eigenvalue weighted by Gasteiger charge is -2.34. The van der Waals surface area contributed by atoms with Gasteiger partial charge in [0.25, 0.3) is 0 Å². The van der Waals surface area contributed by atoms with E-state index >= 15 is 0 Å². The maximum absolute atomic E-state index is 10.8. The van der Waals surface area contributed by atoms with Gasteiger partial charge in [0, 0.05) is 21.2 Å². The van der Waals surface area contributed by atoms with Crippen molar-refractivity contribution in [3.05, 3.63) is 69.7 Å². The molecule has 0 aliphatic carbocycles. The molecule has 8 heteroatoms. The number of rotatable bonds is 3. The Morgan fingerprint density at radius 2 is 1.39 bits per heavy atom. The molecular formula is C20H20Cl2O6. The monoisotopic (exact) mass is 426 g/mol. The van der Waals surface area contributed by atoms with Gasteiger partial charge in [0.2, 0.25) is 0 Å². The van der Waals surface area contributed by atoms with Crippen LogP contribution in [0.4, 0.5) is 0 Å². The molecule has 6 nitrogen and oxygen atoms in total. The SMILES string of the molecule is OC[C@@H]1OC(c2ccc(Cl)cc2)OC[C@H]2OC(c3ccc(Cl)cc3)O[C@@H]2[C@H]1O. The number of hydrogen-bond donors (Lipinski definition) is 2. The smallest absolute Gasteiger partial charge is 0.184 e. The summed E-state index contributed by atoms with van der Waals surface area (Å²) >= 11 is 11.9. The predicted molar refractivity (Wildman–Crippen MR) is 102 cm³/mol. The summed E-state index contributed by atoms with van der Waals surface area (Å²) in [5.74, 6) is 0. The van der Waals surface area contributed by atoms with Crippen LogP contribution in [0.5, 0.6) is 0 Å². The molecule has 2 heterocycles. The summed E-state index contributed by atoms with van der Waals surface area (Å²) in [5.41, 5.74) is 1.50. The average molecular weight is 427 g/mol. The zero-order chi connectivity index (χ0) is 19.7. The second-order valence-corrected chi connectivity index (χ2v) is 7.60. The minimum atomic E-state index is -1.09. The van der Waals surface area contributed by atoms with Crippen molar-refractivity contribution in [2.45, 2.75) is 37.0 Å². The second kappa shape index (κ2) is 8.65. The van der Waals surface area contributed by atoms with Crippen LogP contribution in [0.15, 0.2) is 48.5 Å². The van der Waals surface area contributed by atoms with Gasteiger partial charge in [-0.1, -0.05) is 47.5 Å². The largest absolute Gasteiger partial charge is 0.394 e. The van der Waals surface area contributed by atoms with Crippen LogP contribution in [-0.2, 0) is 18.9 Å². The first kappa shape index (κ1) is 20.1. The Hall–Kier alpha value is -1.22. The van der Waals surface area contributed by atoms with Crippen molar-refractivity contribution in [3.8, 4) is 0 Å². The fraction of sp³-hybridized carbons (Fsp3) is 0.400. The van der Waals surface area contributed by atoms with Gasteiger partial charge >= 0.3 is 0 Å². The second-order valence-electron chi connectivity index (χ2n) is 6.72. The van der Waals surface area contributed by atoms with E-state index in [0.29, 0.717) is 10.0 Å². The molecule has 2 aromatic rings. The van der Waals surface area contributed by atoms with Crippen LogP contribution in [0.3, 0.4) is 0 Å². The van der Waals surface area contributed by atoms with Crippen molar-refractivity contribution >= 4 is 23.2 Å². The van der Waals surface area contributed by atoms with Crippen LogP contribution in [0, 0.1) is 0 Å². The van der Waals surface area contributed by atoms with Gasteiger partial charge in [0.1, 0.15) is 24.4 Å². The van der Waals surface area contributed by atoms with Crippen LogP contribution in [0.1, 0.15) is 23.7 Å². The number of halogens is 2. The summed E-state index contributed by atoms with van der Waals surface area (Å²) in [6.07, 6.45) is -4.67.